The van der Waals surface area contributed by atoms with Gasteiger partial charge in [-0.2, -0.15) is 0 Å². The van der Waals surface area contributed by atoms with Gasteiger partial charge in [0.1, 0.15) is 24.4 Å². The topological polar surface area (TPSA) is 77.4 Å². The number of fused-ring (bicyclic) bond motifs is 1. The Kier molecular flexibility index (Phi) is 4.26. The predicted octanol–water partition coefficient (Wildman–Crippen LogP) is 0.502. The fourth-order valence-corrected chi connectivity index (χ4v) is 2.67. The van der Waals surface area contributed by atoms with E-state index < -0.39 is 37.0 Å². The largest absolute Gasteiger partial charge is 0.387 e. The lowest BCUT2D eigenvalue weighted by atomic mass is 9.98. The highest BCUT2D eigenvalue weighted by molar-refractivity contribution is 5.22. The molecule has 6 atom stereocenters. The zero-order valence-corrected chi connectivity index (χ0v) is 12.0. The van der Waals surface area contributed by atoms with E-state index in [0.717, 1.165) is 11.1 Å². The fraction of sp³-hybridized carbons (Fsp3) is 0.600. The maximum absolute atomic E-state index is 10.2. The first-order valence-corrected chi connectivity index (χ1v) is 6.98. The molecule has 2 heterocycles. The van der Waals surface area contributed by atoms with Gasteiger partial charge >= 0.3 is 0 Å². The summed E-state index contributed by atoms with van der Waals surface area (Å²) in [4.78, 5) is 0. The number of hydrogen-bond acceptors (Lipinski definition) is 6. The number of methoxy groups -OCH3 is 1. The zero-order chi connectivity index (χ0) is 15.0. The highest BCUT2D eigenvalue weighted by Crippen LogP contribution is 2.34. The van der Waals surface area contributed by atoms with Crippen molar-refractivity contribution in [2.45, 2.75) is 43.9 Å². The molecule has 2 aliphatic heterocycles. The molecule has 21 heavy (non-hydrogen) atoms. The molecule has 2 N–H and O–H groups in total. The third-order valence-corrected chi connectivity index (χ3v) is 3.92. The molecule has 3 unspecified atom stereocenters. The van der Waals surface area contributed by atoms with E-state index in [1.807, 2.05) is 31.2 Å². The van der Waals surface area contributed by atoms with Crippen molar-refractivity contribution in [3.63, 3.8) is 0 Å². The van der Waals surface area contributed by atoms with Crippen molar-refractivity contribution in [1.82, 2.24) is 0 Å². The predicted molar refractivity (Wildman–Crippen MR) is 72.4 cm³/mol. The number of ether oxygens (including phenoxy) is 4. The van der Waals surface area contributed by atoms with E-state index in [2.05, 4.69) is 0 Å². The van der Waals surface area contributed by atoms with Crippen molar-refractivity contribution in [2.75, 3.05) is 13.7 Å². The van der Waals surface area contributed by atoms with Gasteiger partial charge in [-0.05, 0) is 6.92 Å². The van der Waals surface area contributed by atoms with Gasteiger partial charge in [-0.15, -0.1) is 0 Å². The van der Waals surface area contributed by atoms with Gasteiger partial charge in [0.2, 0.25) is 0 Å². The van der Waals surface area contributed by atoms with E-state index in [-0.39, 0.29) is 6.61 Å². The molecule has 0 aromatic heterocycles. The quantitative estimate of drug-likeness (QED) is 0.828. The van der Waals surface area contributed by atoms with Crippen LogP contribution in [-0.4, -0.2) is 54.6 Å². The van der Waals surface area contributed by atoms with Crippen LogP contribution in [0.25, 0.3) is 0 Å². The molecule has 0 amide bonds. The van der Waals surface area contributed by atoms with Crippen molar-refractivity contribution < 1.29 is 29.2 Å². The first-order chi connectivity index (χ1) is 10.1. The highest BCUT2D eigenvalue weighted by atomic mass is 16.7. The van der Waals surface area contributed by atoms with Crippen LogP contribution in [0.15, 0.2) is 24.3 Å². The van der Waals surface area contributed by atoms with Crippen LogP contribution in [0.2, 0.25) is 0 Å². The minimum absolute atomic E-state index is 0.271. The number of aliphatic hydroxyl groups excluding tert-OH is 2. The monoisotopic (exact) mass is 296 g/mol. The summed E-state index contributed by atoms with van der Waals surface area (Å²) in [6.45, 7) is 2.27. The van der Waals surface area contributed by atoms with Gasteiger partial charge in [0.25, 0.3) is 0 Å². The maximum Gasteiger partial charge on any atom is 0.186 e. The van der Waals surface area contributed by atoms with E-state index >= 15 is 0 Å². The summed E-state index contributed by atoms with van der Waals surface area (Å²) in [5.74, 6) is 0. The summed E-state index contributed by atoms with van der Waals surface area (Å²) in [7, 11) is 1.42. The second-order valence-corrected chi connectivity index (χ2v) is 5.44. The molecule has 6 heteroatoms. The van der Waals surface area contributed by atoms with Crippen LogP contribution in [0.4, 0.5) is 0 Å². The van der Waals surface area contributed by atoms with Gasteiger partial charge in [-0.3, -0.25) is 0 Å². The van der Waals surface area contributed by atoms with E-state index in [9.17, 15) is 10.2 Å². The lowest BCUT2D eigenvalue weighted by Crippen LogP contribution is -2.62. The van der Waals surface area contributed by atoms with Crippen molar-refractivity contribution >= 4 is 0 Å². The van der Waals surface area contributed by atoms with Crippen LogP contribution in [0.5, 0.6) is 0 Å². The van der Waals surface area contributed by atoms with Gasteiger partial charge in [-0.1, -0.05) is 29.8 Å². The second kappa shape index (κ2) is 6.00. The Morgan fingerprint density at radius 1 is 1.10 bits per heavy atom. The van der Waals surface area contributed by atoms with Crippen LogP contribution >= 0.6 is 0 Å². The van der Waals surface area contributed by atoms with Crippen molar-refractivity contribution in [1.29, 1.82) is 0 Å². The first kappa shape index (κ1) is 14.9. The SMILES string of the molecule is CO[C@@H]1OC2COC(c3ccc(C)cc3)O[C@H]2[C@H](O)C1O. The molecular formula is C15H20O6. The Bertz CT molecular complexity index is 474. The van der Waals surface area contributed by atoms with Gasteiger partial charge < -0.3 is 29.2 Å². The van der Waals surface area contributed by atoms with Gasteiger partial charge in [0.15, 0.2) is 12.6 Å². The molecule has 116 valence electrons. The average molecular weight is 296 g/mol. The minimum Gasteiger partial charge on any atom is -0.387 e. The summed E-state index contributed by atoms with van der Waals surface area (Å²) >= 11 is 0. The van der Waals surface area contributed by atoms with Crippen LogP contribution in [0.1, 0.15) is 17.4 Å². The number of hydrogen-bond donors (Lipinski definition) is 2. The summed E-state index contributed by atoms with van der Waals surface area (Å²) < 4.78 is 22.0. The van der Waals surface area contributed by atoms with E-state index in [1.165, 1.54) is 7.11 Å². The summed E-state index contributed by atoms with van der Waals surface area (Å²) in [6.07, 6.45) is -4.78. The fourth-order valence-electron chi connectivity index (χ4n) is 2.67. The third kappa shape index (κ3) is 2.83. The summed E-state index contributed by atoms with van der Waals surface area (Å²) in [5.41, 5.74) is 2.02. The Morgan fingerprint density at radius 2 is 1.81 bits per heavy atom. The average Bonchev–Trinajstić information content (AvgIpc) is 2.51. The Balaban J connectivity index is 1.74. The van der Waals surface area contributed by atoms with Crippen molar-refractivity contribution in [3.05, 3.63) is 35.4 Å². The van der Waals surface area contributed by atoms with E-state index in [0.29, 0.717) is 0 Å². The van der Waals surface area contributed by atoms with Gasteiger partial charge in [-0.25, -0.2) is 0 Å². The first-order valence-electron chi connectivity index (χ1n) is 6.98. The molecule has 2 aliphatic rings. The molecule has 2 saturated heterocycles. The number of rotatable bonds is 2. The highest BCUT2D eigenvalue weighted by Gasteiger charge is 2.48. The molecule has 0 saturated carbocycles. The third-order valence-electron chi connectivity index (χ3n) is 3.92. The molecule has 0 radical (unpaired) electrons. The second-order valence-electron chi connectivity index (χ2n) is 5.44. The van der Waals surface area contributed by atoms with Gasteiger partial charge in [0.05, 0.1) is 6.61 Å². The molecule has 0 bridgehead atoms. The van der Waals surface area contributed by atoms with E-state index in [4.69, 9.17) is 18.9 Å². The molecule has 2 fully saturated rings. The Hall–Kier alpha value is -1.02. The smallest absolute Gasteiger partial charge is 0.186 e. The summed E-state index contributed by atoms with van der Waals surface area (Å²) in [6, 6.07) is 7.78. The Labute approximate surface area is 123 Å². The molecule has 0 spiro atoms. The molecule has 0 aliphatic carbocycles. The lowest BCUT2D eigenvalue weighted by molar-refractivity contribution is -0.358. The van der Waals surface area contributed by atoms with Crippen molar-refractivity contribution in [3.8, 4) is 0 Å². The zero-order valence-electron chi connectivity index (χ0n) is 12.0. The molecular weight excluding hydrogens is 276 g/mol. The number of aliphatic hydroxyl groups is 2. The van der Waals surface area contributed by atoms with Crippen LogP contribution < -0.4 is 0 Å². The number of aryl methyl sites for hydroxylation is 1. The molecule has 3 rings (SSSR count). The molecule has 6 nitrogen and oxygen atoms in total. The summed E-state index contributed by atoms with van der Waals surface area (Å²) in [5, 5.41) is 20.1. The normalized spacial score (nSPS) is 39.8. The Morgan fingerprint density at radius 3 is 2.48 bits per heavy atom. The standard InChI is InChI=1S/C15H20O6/c1-8-3-5-9(6-4-8)14-19-7-10-13(21-14)11(16)12(17)15(18-2)20-10/h3-6,10-17H,7H2,1-2H3/t10?,11-,12?,13-,14?,15-/m1/s1. The van der Waals surface area contributed by atoms with E-state index in [1.54, 1.807) is 0 Å². The van der Waals surface area contributed by atoms with Crippen LogP contribution in [0.3, 0.4) is 0 Å². The number of benzene rings is 1. The van der Waals surface area contributed by atoms with Crippen LogP contribution in [-0.2, 0) is 18.9 Å². The molecule has 1 aromatic rings. The maximum atomic E-state index is 10.2. The molecule has 1 aromatic carbocycles. The lowest BCUT2D eigenvalue weighted by Gasteiger charge is -2.45. The van der Waals surface area contributed by atoms with Gasteiger partial charge in [0, 0.05) is 12.7 Å². The van der Waals surface area contributed by atoms with Crippen molar-refractivity contribution in [2.24, 2.45) is 0 Å². The minimum atomic E-state index is -1.15. The van der Waals surface area contributed by atoms with Crippen LogP contribution in [0, 0.1) is 6.92 Å².